The Hall–Kier alpha value is -0.770. The van der Waals surface area contributed by atoms with Gasteiger partial charge in [-0.05, 0) is 12.5 Å². The zero-order chi connectivity index (χ0) is 7.56. The molecule has 0 aromatic rings. The summed E-state index contributed by atoms with van der Waals surface area (Å²) in [5.74, 6) is 0.413. The van der Waals surface area contributed by atoms with Crippen molar-refractivity contribution in [1.29, 1.82) is 0 Å². The van der Waals surface area contributed by atoms with Crippen molar-refractivity contribution in [1.82, 2.24) is 10.6 Å². The molecule has 0 unspecified atom stereocenters. The van der Waals surface area contributed by atoms with Crippen LogP contribution in [0.3, 0.4) is 0 Å². The molecule has 1 aliphatic heterocycles. The molecule has 10 heavy (non-hydrogen) atoms. The molecule has 4 nitrogen and oxygen atoms in total. The number of rotatable bonds is 1. The van der Waals surface area contributed by atoms with E-state index in [1.165, 1.54) is 0 Å². The second kappa shape index (κ2) is 2.88. The lowest BCUT2D eigenvalue weighted by molar-refractivity contribution is 0.188. The second-order valence-corrected chi connectivity index (χ2v) is 2.69. The van der Waals surface area contributed by atoms with Crippen LogP contribution in [0.1, 0.15) is 6.92 Å². The van der Waals surface area contributed by atoms with Crippen molar-refractivity contribution >= 4 is 6.09 Å². The highest BCUT2D eigenvalue weighted by Gasteiger charge is 2.23. The number of hydrogen-bond acceptors (Lipinski definition) is 2. The highest BCUT2D eigenvalue weighted by molar-refractivity contribution is 5.65. The maximum atomic E-state index is 10.2. The van der Waals surface area contributed by atoms with Crippen LogP contribution < -0.4 is 10.6 Å². The largest absolute Gasteiger partial charge is 0.465 e. The molecule has 2 atom stereocenters. The van der Waals surface area contributed by atoms with E-state index in [2.05, 4.69) is 10.6 Å². The van der Waals surface area contributed by atoms with E-state index in [0.29, 0.717) is 5.92 Å². The van der Waals surface area contributed by atoms with Crippen LogP contribution in [0.5, 0.6) is 0 Å². The molecular formula is C6H12N2O2. The SMILES string of the molecule is C[C@H]1CNC[C@@H]1NC(=O)O. The van der Waals surface area contributed by atoms with E-state index in [9.17, 15) is 4.79 Å². The molecular weight excluding hydrogens is 132 g/mol. The third-order valence-electron chi connectivity index (χ3n) is 1.83. The summed E-state index contributed by atoms with van der Waals surface area (Å²) < 4.78 is 0. The van der Waals surface area contributed by atoms with Crippen LogP contribution in [0.25, 0.3) is 0 Å². The third-order valence-corrected chi connectivity index (χ3v) is 1.83. The molecule has 0 saturated carbocycles. The van der Waals surface area contributed by atoms with Gasteiger partial charge in [0.2, 0.25) is 0 Å². The minimum atomic E-state index is -0.930. The molecule has 0 bridgehead atoms. The summed E-state index contributed by atoms with van der Waals surface area (Å²) in [5, 5.41) is 13.9. The maximum absolute atomic E-state index is 10.2. The fourth-order valence-corrected chi connectivity index (χ4v) is 1.16. The molecule has 4 heteroatoms. The predicted octanol–water partition coefficient (Wildman–Crippen LogP) is -0.138. The smallest absolute Gasteiger partial charge is 0.404 e. The summed E-state index contributed by atoms with van der Waals surface area (Å²) in [7, 11) is 0. The lowest BCUT2D eigenvalue weighted by Gasteiger charge is -2.12. The molecule has 0 spiro atoms. The van der Waals surface area contributed by atoms with Crippen molar-refractivity contribution < 1.29 is 9.90 Å². The molecule has 1 rings (SSSR count). The standard InChI is InChI=1S/C6H12N2O2/c1-4-2-7-3-5(4)8-6(9)10/h4-5,7-8H,2-3H2,1H3,(H,9,10)/t4-,5-/m0/s1. The summed E-state index contributed by atoms with van der Waals surface area (Å²) in [6.45, 7) is 3.69. The predicted molar refractivity (Wildman–Crippen MR) is 37.0 cm³/mol. The van der Waals surface area contributed by atoms with Crippen LogP contribution in [-0.4, -0.2) is 30.3 Å². The van der Waals surface area contributed by atoms with Gasteiger partial charge in [-0.15, -0.1) is 0 Å². The van der Waals surface area contributed by atoms with Gasteiger partial charge in [0.25, 0.3) is 0 Å². The molecule has 0 radical (unpaired) electrons. The summed E-state index contributed by atoms with van der Waals surface area (Å²) in [4.78, 5) is 10.2. The first-order valence-electron chi connectivity index (χ1n) is 3.40. The van der Waals surface area contributed by atoms with Crippen molar-refractivity contribution in [3.63, 3.8) is 0 Å². The third kappa shape index (κ3) is 1.60. The Morgan fingerprint density at radius 1 is 1.70 bits per heavy atom. The lowest BCUT2D eigenvalue weighted by Crippen LogP contribution is -2.38. The summed E-state index contributed by atoms with van der Waals surface area (Å²) >= 11 is 0. The zero-order valence-electron chi connectivity index (χ0n) is 5.92. The average Bonchev–Trinajstić information content (AvgIpc) is 2.15. The van der Waals surface area contributed by atoms with E-state index in [1.54, 1.807) is 0 Å². The van der Waals surface area contributed by atoms with Crippen LogP contribution in [0, 0.1) is 5.92 Å². The van der Waals surface area contributed by atoms with Gasteiger partial charge < -0.3 is 15.7 Å². The first-order chi connectivity index (χ1) is 4.70. The van der Waals surface area contributed by atoms with E-state index >= 15 is 0 Å². The fraction of sp³-hybridized carbons (Fsp3) is 0.833. The average molecular weight is 144 g/mol. The summed E-state index contributed by atoms with van der Waals surface area (Å²) in [6.07, 6.45) is -0.930. The van der Waals surface area contributed by atoms with Crippen LogP contribution in [0.4, 0.5) is 4.79 Å². The van der Waals surface area contributed by atoms with Gasteiger partial charge in [0, 0.05) is 12.6 Å². The molecule has 58 valence electrons. The molecule has 0 aliphatic carbocycles. The first-order valence-corrected chi connectivity index (χ1v) is 3.40. The van der Waals surface area contributed by atoms with E-state index in [4.69, 9.17) is 5.11 Å². The van der Waals surface area contributed by atoms with Crippen LogP contribution in [-0.2, 0) is 0 Å². The van der Waals surface area contributed by atoms with Crippen LogP contribution >= 0.6 is 0 Å². The molecule has 3 N–H and O–H groups in total. The Bertz CT molecular complexity index is 138. The minimum absolute atomic E-state index is 0.0949. The number of carbonyl (C=O) groups is 1. The molecule has 0 aromatic carbocycles. The van der Waals surface area contributed by atoms with Gasteiger partial charge in [-0.2, -0.15) is 0 Å². The van der Waals surface area contributed by atoms with E-state index in [1.807, 2.05) is 6.92 Å². The zero-order valence-corrected chi connectivity index (χ0v) is 5.92. The Labute approximate surface area is 59.6 Å². The number of hydrogen-bond donors (Lipinski definition) is 3. The molecule has 0 aromatic heterocycles. The second-order valence-electron chi connectivity index (χ2n) is 2.69. The van der Waals surface area contributed by atoms with Crippen molar-refractivity contribution in [3.8, 4) is 0 Å². The number of carboxylic acid groups (broad SMARTS) is 1. The van der Waals surface area contributed by atoms with Gasteiger partial charge in [0.05, 0.1) is 0 Å². The molecule has 1 amide bonds. The van der Waals surface area contributed by atoms with Gasteiger partial charge in [-0.3, -0.25) is 0 Å². The Morgan fingerprint density at radius 2 is 2.40 bits per heavy atom. The fourth-order valence-electron chi connectivity index (χ4n) is 1.16. The van der Waals surface area contributed by atoms with Crippen LogP contribution in [0.15, 0.2) is 0 Å². The van der Waals surface area contributed by atoms with Gasteiger partial charge in [0.1, 0.15) is 0 Å². The van der Waals surface area contributed by atoms with Crippen molar-refractivity contribution in [3.05, 3.63) is 0 Å². The molecule has 1 fully saturated rings. The van der Waals surface area contributed by atoms with Gasteiger partial charge in [0.15, 0.2) is 0 Å². The number of amides is 1. The topological polar surface area (TPSA) is 61.4 Å². The van der Waals surface area contributed by atoms with Crippen molar-refractivity contribution in [2.75, 3.05) is 13.1 Å². The van der Waals surface area contributed by atoms with Gasteiger partial charge in [-0.25, -0.2) is 4.79 Å². The van der Waals surface area contributed by atoms with Crippen molar-refractivity contribution in [2.45, 2.75) is 13.0 Å². The summed E-state index contributed by atoms with van der Waals surface area (Å²) in [5.41, 5.74) is 0. The monoisotopic (exact) mass is 144 g/mol. The van der Waals surface area contributed by atoms with E-state index in [0.717, 1.165) is 13.1 Å². The van der Waals surface area contributed by atoms with E-state index in [-0.39, 0.29) is 6.04 Å². The Morgan fingerprint density at radius 3 is 2.80 bits per heavy atom. The maximum Gasteiger partial charge on any atom is 0.404 e. The summed E-state index contributed by atoms with van der Waals surface area (Å²) in [6, 6.07) is 0.0949. The number of nitrogens with one attached hydrogen (secondary N) is 2. The highest BCUT2D eigenvalue weighted by atomic mass is 16.4. The van der Waals surface area contributed by atoms with Gasteiger partial charge >= 0.3 is 6.09 Å². The first kappa shape index (κ1) is 7.34. The van der Waals surface area contributed by atoms with Crippen LogP contribution in [0.2, 0.25) is 0 Å². The normalized spacial score (nSPS) is 32.1. The van der Waals surface area contributed by atoms with E-state index < -0.39 is 6.09 Å². The van der Waals surface area contributed by atoms with Crippen molar-refractivity contribution in [2.24, 2.45) is 5.92 Å². The van der Waals surface area contributed by atoms with Gasteiger partial charge in [-0.1, -0.05) is 6.92 Å². The minimum Gasteiger partial charge on any atom is -0.465 e. The molecule has 1 aliphatic rings. The Balaban J connectivity index is 2.33. The molecule has 1 heterocycles. The lowest BCUT2D eigenvalue weighted by atomic mass is 10.1. The molecule has 1 saturated heterocycles. The quantitative estimate of drug-likeness (QED) is 0.480. The highest BCUT2D eigenvalue weighted by Crippen LogP contribution is 2.06. The Kier molecular flexibility index (Phi) is 2.11.